The van der Waals surface area contributed by atoms with Crippen molar-refractivity contribution in [2.75, 3.05) is 13.2 Å². The number of carbonyl (C=O) groups is 1. The zero-order chi connectivity index (χ0) is 14.4. The van der Waals surface area contributed by atoms with E-state index in [0.717, 1.165) is 17.2 Å². The number of nitrogens with zero attached hydrogens (tertiary/aromatic N) is 2. The molecule has 106 valence electrons. The van der Waals surface area contributed by atoms with Crippen molar-refractivity contribution in [2.24, 2.45) is 0 Å². The number of benzene rings is 1. The Kier molecular flexibility index (Phi) is 4.76. The minimum absolute atomic E-state index is 0.383. The van der Waals surface area contributed by atoms with E-state index in [1.165, 1.54) is 0 Å². The van der Waals surface area contributed by atoms with Gasteiger partial charge in [0.1, 0.15) is 5.82 Å². The van der Waals surface area contributed by atoms with Crippen LogP contribution in [0.1, 0.15) is 18.4 Å². The molecule has 0 bridgehead atoms. The SMILES string of the molecule is CCOC(=O)NCCc1cn(-c2ccccc2)c(C)n1. The van der Waals surface area contributed by atoms with Crippen molar-refractivity contribution >= 4 is 6.09 Å². The lowest BCUT2D eigenvalue weighted by Gasteiger charge is -2.03. The number of carbonyl (C=O) groups excluding carboxylic acids is 1. The van der Waals surface area contributed by atoms with Crippen molar-refractivity contribution < 1.29 is 9.53 Å². The van der Waals surface area contributed by atoms with E-state index < -0.39 is 0 Å². The summed E-state index contributed by atoms with van der Waals surface area (Å²) in [6, 6.07) is 10.1. The van der Waals surface area contributed by atoms with Gasteiger partial charge in [-0.25, -0.2) is 9.78 Å². The summed E-state index contributed by atoms with van der Waals surface area (Å²) in [4.78, 5) is 15.7. The summed E-state index contributed by atoms with van der Waals surface area (Å²) in [5.41, 5.74) is 2.03. The van der Waals surface area contributed by atoms with Gasteiger partial charge in [-0.1, -0.05) is 18.2 Å². The Bertz CT molecular complexity index is 564. The molecule has 1 aromatic heterocycles. The predicted octanol–water partition coefficient (Wildman–Crippen LogP) is 2.47. The van der Waals surface area contributed by atoms with E-state index in [-0.39, 0.29) is 6.09 Å². The minimum atomic E-state index is -0.383. The highest BCUT2D eigenvalue weighted by Crippen LogP contribution is 2.12. The van der Waals surface area contributed by atoms with Gasteiger partial charge in [-0.15, -0.1) is 0 Å². The molecule has 1 heterocycles. The van der Waals surface area contributed by atoms with Crippen molar-refractivity contribution in [1.29, 1.82) is 0 Å². The maximum atomic E-state index is 11.2. The summed E-state index contributed by atoms with van der Waals surface area (Å²) in [6.07, 6.45) is 2.29. The van der Waals surface area contributed by atoms with E-state index in [4.69, 9.17) is 4.74 Å². The highest BCUT2D eigenvalue weighted by Gasteiger charge is 2.06. The van der Waals surface area contributed by atoms with Crippen LogP contribution in [0, 0.1) is 6.92 Å². The summed E-state index contributed by atoms with van der Waals surface area (Å²) in [6.45, 7) is 4.65. The Hall–Kier alpha value is -2.30. The van der Waals surface area contributed by atoms with Crippen LogP contribution in [0.4, 0.5) is 4.79 Å². The Morgan fingerprint density at radius 2 is 2.10 bits per heavy atom. The van der Waals surface area contributed by atoms with Gasteiger partial charge in [-0.2, -0.15) is 0 Å². The smallest absolute Gasteiger partial charge is 0.407 e. The first-order chi connectivity index (χ1) is 9.70. The van der Waals surface area contributed by atoms with Gasteiger partial charge in [0.15, 0.2) is 0 Å². The zero-order valence-corrected chi connectivity index (χ0v) is 11.8. The summed E-state index contributed by atoms with van der Waals surface area (Å²) in [5.74, 6) is 0.933. The molecule has 2 aromatic rings. The number of aryl methyl sites for hydroxylation is 1. The molecule has 0 aliphatic carbocycles. The second-order valence-electron chi connectivity index (χ2n) is 4.38. The number of ether oxygens (including phenoxy) is 1. The van der Waals surface area contributed by atoms with E-state index in [0.29, 0.717) is 19.6 Å². The fourth-order valence-electron chi connectivity index (χ4n) is 1.98. The summed E-state index contributed by atoms with van der Waals surface area (Å²) < 4.78 is 6.84. The van der Waals surface area contributed by atoms with Crippen molar-refractivity contribution in [1.82, 2.24) is 14.9 Å². The van der Waals surface area contributed by atoms with Crippen LogP contribution in [0.2, 0.25) is 0 Å². The summed E-state index contributed by atoms with van der Waals surface area (Å²) in [5, 5.41) is 2.69. The Morgan fingerprint density at radius 1 is 1.35 bits per heavy atom. The lowest BCUT2D eigenvalue weighted by molar-refractivity contribution is 0.152. The van der Waals surface area contributed by atoms with Gasteiger partial charge in [0, 0.05) is 24.8 Å². The molecule has 0 atom stereocenters. The van der Waals surface area contributed by atoms with Gasteiger partial charge in [0.25, 0.3) is 0 Å². The zero-order valence-electron chi connectivity index (χ0n) is 11.8. The van der Waals surface area contributed by atoms with Crippen molar-refractivity contribution in [3.8, 4) is 5.69 Å². The average Bonchev–Trinajstić information content (AvgIpc) is 2.81. The molecule has 5 nitrogen and oxygen atoms in total. The lowest BCUT2D eigenvalue weighted by Crippen LogP contribution is -2.26. The molecule has 1 N–H and O–H groups in total. The van der Waals surface area contributed by atoms with Crippen molar-refractivity contribution in [2.45, 2.75) is 20.3 Å². The Balaban J connectivity index is 1.96. The number of amides is 1. The van der Waals surface area contributed by atoms with E-state index in [9.17, 15) is 4.79 Å². The molecule has 0 spiro atoms. The van der Waals surface area contributed by atoms with Gasteiger partial charge in [0.05, 0.1) is 12.3 Å². The Morgan fingerprint density at radius 3 is 2.80 bits per heavy atom. The third-order valence-electron chi connectivity index (χ3n) is 2.89. The third-order valence-corrected chi connectivity index (χ3v) is 2.89. The number of para-hydroxylation sites is 1. The lowest BCUT2D eigenvalue weighted by atomic mass is 10.3. The maximum absolute atomic E-state index is 11.2. The van der Waals surface area contributed by atoms with Crippen LogP contribution < -0.4 is 5.32 Å². The number of hydrogen-bond acceptors (Lipinski definition) is 3. The molecular weight excluding hydrogens is 254 g/mol. The van der Waals surface area contributed by atoms with Crippen LogP contribution >= 0.6 is 0 Å². The molecule has 20 heavy (non-hydrogen) atoms. The van der Waals surface area contributed by atoms with E-state index in [2.05, 4.69) is 10.3 Å². The molecule has 0 fully saturated rings. The second kappa shape index (κ2) is 6.75. The second-order valence-corrected chi connectivity index (χ2v) is 4.38. The monoisotopic (exact) mass is 273 g/mol. The predicted molar refractivity (Wildman–Crippen MR) is 77.0 cm³/mol. The largest absolute Gasteiger partial charge is 0.450 e. The fourth-order valence-corrected chi connectivity index (χ4v) is 1.98. The molecule has 0 aliphatic heterocycles. The first-order valence-electron chi connectivity index (χ1n) is 6.71. The van der Waals surface area contributed by atoms with E-state index in [1.54, 1.807) is 6.92 Å². The van der Waals surface area contributed by atoms with Crippen LogP contribution in [0.5, 0.6) is 0 Å². The van der Waals surface area contributed by atoms with Crippen LogP contribution in [0.25, 0.3) is 5.69 Å². The molecular formula is C15H19N3O2. The number of nitrogens with one attached hydrogen (secondary N) is 1. The average molecular weight is 273 g/mol. The van der Waals surface area contributed by atoms with Crippen LogP contribution in [-0.2, 0) is 11.2 Å². The molecule has 0 saturated carbocycles. The number of rotatable bonds is 5. The van der Waals surface area contributed by atoms with E-state index in [1.807, 2.05) is 48.0 Å². The van der Waals surface area contributed by atoms with Gasteiger partial charge in [-0.05, 0) is 26.0 Å². The first kappa shape index (κ1) is 14.1. The number of imidazole rings is 1. The molecule has 0 saturated heterocycles. The van der Waals surface area contributed by atoms with Crippen molar-refractivity contribution in [3.63, 3.8) is 0 Å². The number of aromatic nitrogens is 2. The number of hydrogen-bond donors (Lipinski definition) is 1. The standard InChI is InChI=1S/C15H19N3O2/c1-3-20-15(19)16-10-9-13-11-18(12(2)17-13)14-7-5-4-6-8-14/h4-8,11H,3,9-10H2,1-2H3,(H,16,19). The topological polar surface area (TPSA) is 56.1 Å². The number of alkyl carbamates (subject to hydrolysis) is 1. The van der Waals surface area contributed by atoms with Gasteiger partial charge < -0.3 is 14.6 Å². The fraction of sp³-hybridized carbons (Fsp3) is 0.333. The normalized spacial score (nSPS) is 10.3. The van der Waals surface area contributed by atoms with Crippen molar-refractivity contribution in [3.05, 3.63) is 48.0 Å². The van der Waals surface area contributed by atoms with Gasteiger partial charge in [-0.3, -0.25) is 0 Å². The van der Waals surface area contributed by atoms with E-state index >= 15 is 0 Å². The molecule has 2 rings (SSSR count). The molecule has 1 amide bonds. The minimum Gasteiger partial charge on any atom is -0.450 e. The molecule has 0 radical (unpaired) electrons. The van der Waals surface area contributed by atoms with Crippen LogP contribution in [-0.4, -0.2) is 28.8 Å². The molecule has 0 aliphatic rings. The van der Waals surface area contributed by atoms with Gasteiger partial charge in [0.2, 0.25) is 0 Å². The van der Waals surface area contributed by atoms with Crippen LogP contribution in [0.3, 0.4) is 0 Å². The molecule has 0 unspecified atom stereocenters. The van der Waals surface area contributed by atoms with Crippen LogP contribution in [0.15, 0.2) is 36.5 Å². The third kappa shape index (κ3) is 3.60. The molecule has 5 heteroatoms. The Labute approximate surface area is 118 Å². The first-order valence-corrected chi connectivity index (χ1v) is 6.71. The van der Waals surface area contributed by atoms with Gasteiger partial charge >= 0.3 is 6.09 Å². The highest BCUT2D eigenvalue weighted by atomic mass is 16.5. The maximum Gasteiger partial charge on any atom is 0.407 e. The quantitative estimate of drug-likeness (QED) is 0.910. The highest BCUT2D eigenvalue weighted by molar-refractivity contribution is 5.66. The summed E-state index contributed by atoms with van der Waals surface area (Å²) >= 11 is 0. The molecule has 1 aromatic carbocycles. The summed E-state index contributed by atoms with van der Waals surface area (Å²) in [7, 11) is 0.